The summed E-state index contributed by atoms with van der Waals surface area (Å²) in [6, 6.07) is 22.1. The van der Waals surface area contributed by atoms with E-state index in [4.69, 9.17) is 11.6 Å². The fraction of sp³-hybridized carbons (Fsp3) is 0.120. The maximum Gasteiger partial charge on any atom is 0.271 e. The highest BCUT2D eigenvalue weighted by molar-refractivity contribution is 6.32. The van der Waals surface area contributed by atoms with E-state index in [-0.39, 0.29) is 10.8 Å². The molecule has 0 spiro atoms. The molecule has 0 radical (unpaired) electrons. The number of phenolic OH excluding ortho intramolecular Hbond substituents is 1. The molecule has 3 aromatic carbocycles. The van der Waals surface area contributed by atoms with Gasteiger partial charge in [-0.05, 0) is 48.5 Å². The Labute approximate surface area is 187 Å². The molecular weight excluding hydrogens is 410 g/mol. The standard InChI is InChI=1S/C25H22ClN3O2/c1-29(18-20-7-3-2-4-8-20)14-6-11-19-9-5-10-21(15-19)17-27-28-25(31)22-12-13-24(30)23(26)16-22/h2-5,7-10,12-13,15-17,30H,14,18H2,1H3,(H,28,31)/b27-17+. The minimum absolute atomic E-state index is 0.0779. The first-order chi connectivity index (χ1) is 15.0. The lowest BCUT2D eigenvalue weighted by Gasteiger charge is -2.12. The molecule has 0 heterocycles. The third-order valence-corrected chi connectivity index (χ3v) is 4.66. The molecule has 5 nitrogen and oxygen atoms in total. The van der Waals surface area contributed by atoms with E-state index in [1.165, 1.54) is 23.8 Å². The summed E-state index contributed by atoms with van der Waals surface area (Å²) in [5, 5.41) is 13.5. The van der Waals surface area contributed by atoms with E-state index in [0.717, 1.165) is 17.7 Å². The minimum Gasteiger partial charge on any atom is -0.506 e. The number of nitrogens with one attached hydrogen (secondary N) is 1. The van der Waals surface area contributed by atoms with E-state index >= 15 is 0 Å². The van der Waals surface area contributed by atoms with Crippen LogP contribution in [0.3, 0.4) is 0 Å². The summed E-state index contributed by atoms with van der Waals surface area (Å²) in [5.74, 6) is 5.84. The van der Waals surface area contributed by atoms with Gasteiger partial charge < -0.3 is 5.11 Å². The average molecular weight is 432 g/mol. The van der Waals surface area contributed by atoms with E-state index < -0.39 is 5.91 Å². The van der Waals surface area contributed by atoms with Gasteiger partial charge in [-0.1, -0.05) is 65.9 Å². The lowest BCUT2D eigenvalue weighted by molar-refractivity contribution is 0.0955. The first-order valence-electron chi connectivity index (χ1n) is 9.64. The molecule has 3 aromatic rings. The molecule has 0 fully saturated rings. The van der Waals surface area contributed by atoms with E-state index in [2.05, 4.69) is 39.4 Å². The Morgan fingerprint density at radius 2 is 1.94 bits per heavy atom. The van der Waals surface area contributed by atoms with Crippen LogP contribution >= 0.6 is 11.6 Å². The van der Waals surface area contributed by atoms with Crippen molar-refractivity contribution in [3.8, 4) is 17.6 Å². The van der Waals surface area contributed by atoms with Crippen molar-refractivity contribution in [2.75, 3.05) is 13.6 Å². The van der Waals surface area contributed by atoms with Gasteiger partial charge in [0.25, 0.3) is 5.91 Å². The molecule has 0 atom stereocenters. The number of aromatic hydroxyl groups is 1. The quantitative estimate of drug-likeness (QED) is 0.347. The lowest BCUT2D eigenvalue weighted by Crippen LogP contribution is -2.17. The Kier molecular flexibility index (Phi) is 7.83. The molecule has 2 N–H and O–H groups in total. The fourth-order valence-electron chi connectivity index (χ4n) is 2.80. The van der Waals surface area contributed by atoms with Crippen LogP contribution in [0.25, 0.3) is 0 Å². The van der Waals surface area contributed by atoms with Crippen LogP contribution < -0.4 is 5.43 Å². The van der Waals surface area contributed by atoms with Crippen molar-refractivity contribution >= 4 is 23.7 Å². The van der Waals surface area contributed by atoms with E-state index in [9.17, 15) is 9.90 Å². The predicted octanol–water partition coefficient (Wildman–Crippen LogP) is 4.29. The largest absolute Gasteiger partial charge is 0.506 e. The first-order valence-corrected chi connectivity index (χ1v) is 10.0. The number of benzene rings is 3. The monoisotopic (exact) mass is 431 g/mol. The first kappa shape index (κ1) is 22.1. The van der Waals surface area contributed by atoms with Crippen LogP contribution in [-0.4, -0.2) is 35.7 Å². The molecular formula is C25H22ClN3O2. The number of rotatable bonds is 6. The van der Waals surface area contributed by atoms with Gasteiger partial charge in [-0.3, -0.25) is 9.69 Å². The van der Waals surface area contributed by atoms with E-state index in [1.807, 2.05) is 49.5 Å². The van der Waals surface area contributed by atoms with Gasteiger partial charge in [0.15, 0.2) is 0 Å². The van der Waals surface area contributed by atoms with Crippen molar-refractivity contribution in [2.24, 2.45) is 5.10 Å². The molecule has 3 rings (SSSR count). The molecule has 1 amide bonds. The summed E-state index contributed by atoms with van der Waals surface area (Å²) in [7, 11) is 2.04. The number of hydrogen-bond donors (Lipinski definition) is 2. The van der Waals surface area contributed by atoms with Gasteiger partial charge in [-0.15, -0.1) is 0 Å². The van der Waals surface area contributed by atoms with E-state index in [0.29, 0.717) is 12.1 Å². The van der Waals surface area contributed by atoms with Crippen LogP contribution in [0.2, 0.25) is 5.02 Å². The number of hydrazone groups is 1. The summed E-state index contributed by atoms with van der Waals surface area (Å²) in [6.45, 7) is 1.49. The fourth-order valence-corrected chi connectivity index (χ4v) is 2.98. The maximum absolute atomic E-state index is 12.1. The zero-order chi connectivity index (χ0) is 22.1. The third-order valence-electron chi connectivity index (χ3n) is 4.35. The van der Waals surface area contributed by atoms with Gasteiger partial charge in [0.1, 0.15) is 5.75 Å². The van der Waals surface area contributed by atoms with Gasteiger partial charge in [0.2, 0.25) is 0 Å². The highest BCUT2D eigenvalue weighted by Crippen LogP contribution is 2.23. The van der Waals surface area contributed by atoms with Crippen LogP contribution in [0.5, 0.6) is 5.75 Å². The molecule has 0 saturated carbocycles. The highest BCUT2D eigenvalue weighted by Gasteiger charge is 2.07. The second kappa shape index (κ2) is 11.0. The van der Waals surface area contributed by atoms with E-state index in [1.54, 1.807) is 6.21 Å². The van der Waals surface area contributed by atoms with Crippen LogP contribution in [0.15, 0.2) is 77.9 Å². The second-order valence-corrected chi connectivity index (χ2v) is 7.36. The lowest BCUT2D eigenvalue weighted by atomic mass is 10.1. The Morgan fingerprint density at radius 3 is 2.71 bits per heavy atom. The molecule has 6 heteroatoms. The smallest absolute Gasteiger partial charge is 0.271 e. The number of carbonyl (C=O) groups excluding carboxylic acids is 1. The van der Waals surface area contributed by atoms with Crippen molar-refractivity contribution in [1.29, 1.82) is 0 Å². The number of phenols is 1. The van der Waals surface area contributed by atoms with Crippen molar-refractivity contribution in [1.82, 2.24) is 10.3 Å². The normalized spacial score (nSPS) is 10.7. The van der Waals surface area contributed by atoms with Gasteiger partial charge in [-0.2, -0.15) is 5.10 Å². The van der Waals surface area contributed by atoms with Crippen LogP contribution in [-0.2, 0) is 6.54 Å². The summed E-state index contributed by atoms with van der Waals surface area (Å²) in [5.41, 5.74) is 5.68. The van der Waals surface area contributed by atoms with Crippen molar-refractivity contribution in [3.63, 3.8) is 0 Å². The Morgan fingerprint density at radius 1 is 1.13 bits per heavy atom. The molecule has 0 aromatic heterocycles. The van der Waals surface area contributed by atoms with Crippen molar-refractivity contribution in [3.05, 3.63) is 100 Å². The molecule has 31 heavy (non-hydrogen) atoms. The molecule has 0 aliphatic rings. The van der Waals surface area contributed by atoms with Crippen molar-refractivity contribution in [2.45, 2.75) is 6.54 Å². The van der Waals surface area contributed by atoms with Gasteiger partial charge in [0.05, 0.1) is 17.8 Å². The number of nitrogens with zero attached hydrogens (tertiary/aromatic N) is 2. The minimum atomic E-state index is -0.421. The topological polar surface area (TPSA) is 64.9 Å². The summed E-state index contributed by atoms with van der Waals surface area (Å²) in [6.07, 6.45) is 1.55. The van der Waals surface area contributed by atoms with Crippen LogP contribution in [0.1, 0.15) is 27.0 Å². The zero-order valence-electron chi connectivity index (χ0n) is 17.0. The maximum atomic E-state index is 12.1. The van der Waals surface area contributed by atoms with Gasteiger partial charge >= 0.3 is 0 Å². The van der Waals surface area contributed by atoms with Gasteiger partial charge in [0, 0.05) is 17.7 Å². The van der Waals surface area contributed by atoms with Crippen molar-refractivity contribution < 1.29 is 9.90 Å². The molecule has 0 bridgehead atoms. The SMILES string of the molecule is CN(CC#Cc1cccc(/C=N/NC(=O)c2ccc(O)c(Cl)c2)c1)Cc1ccccc1. The number of halogens is 1. The Balaban J connectivity index is 1.54. The second-order valence-electron chi connectivity index (χ2n) is 6.95. The molecule has 156 valence electrons. The highest BCUT2D eigenvalue weighted by atomic mass is 35.5. The predicted molar refractivity (Wildman–Crippen MR) is 124 cm³/mol. The third kappa shape index (κ3) is 7.00. The Hall–Kier alpha value is -3.59. The number of hydrogen-bond acceptors (Lipinski definition) is 4. The summed E-state index contributed by atoms with van der Waals surface area (Å²) < 4.78 is 0. The summed E-state index contributed by atoms with van der Waals surface area (Å²) in [4.78, 5) is 14.3. The average Bonchev–Trinajstić information content (AvgIpc) is 2.76. The molecule has 0 aliphatic carbocycles. The van der Waals surface area contributed by atoms with Crippen LogP contribution in [0, 0.1) is 11.8 Å². The number of carbonyl (C=O) groups is 1. The molecule has 0 saturated heterocycles. The molecule has 0 unspecified atom stereocenters. The zero-order valence-corrected chi connectivity index (χ0v) is 17.8. The summed E-state index contributed by atoms with van der Waals surface area (Å²) >= 11 is 5.82. The molecule has 0 aliphatic heterocycles. The van der Waals surface area contributed by atoms with Gasteiger partial charge in [-0.25, -0.2) is 5.43 Å². The Bertz CT molecular complexity index is 1130. The number of amides is 1. The van der Waals surface area contributed by atoms with Crippen LogP contribution in [0.4, 0.5) is 0 Å².